The SMILES string of the molecule is CC1CCCCN1C(=O)n1ccc(C(=O)O)n1. The standard InChI is InChI=1S/C11H15N3O3/c1-8-4-2-3-6-13(8)11(17)14-7-5-9(12-14)10(15)16/h5,7-8H,2-4,6H2,1H3,(H,15,16). The molecule has 1 aromatic rings. The molecule has 1 N–H and O–H groups in total. The first-order valence-corrected chi connectivity index (χ1v) is 5.69. The lowest BCUT2D eigenvalue weighted by Gasteiger charge is -2.32. The van der Waals surface area contributed by atoms with Crippen molar-refractivity contribution in [3.8, 4) is 0 Å². The molecule has 1 atom stereocenters. The summed E-state index contributed by atoms with van der Waals surface area (Å²) in [7, 11) is 0. The lowest BCUT2D eigenvalue weighted by atomic mass is 10.0. The molecule has 0 aromatic carbocycles. The van der Waals surface area contributed by atoms with Crippen molar-refractivity contribution in [1.82, 2.24) is 14.7 Å². The normalized spacial score (nSPS) is 20.3. The summed E-state index contributed by atoms with van der Waals surface area (Å²) in [5, 5.41) is 12.5. The number of hydrogen-bond donors (Lipinski definition) is 1. The van der Waals surface area contributed by atoms with Crippen LogP contribution in [-0.2, 0) is 0 Å². The fourth-order valence-corrected chi connectivity index (χ4v) is 2.06. The van der Waals surface area contributed by atoms with Gasteiger partial charge in [0, 0.05) is 18.8 Å². The molecule has 1 amide bonds. The van der Waals surface area contributed by atoms with Gasteiger partial charge in [0.05, 0.1) is 0 Å². The van der Waals surface area contributed by atoms with E-state index in [0.717, 1.165) is 23.9 Å². The first kappa shape index (κ1) is 11.6. The second kappa shape index (κ2) is 4.57. The van der Waals surface area contributed by atoms with Crippen molar-refractivity contribution in [1.29, 1.82) is 0 Å². The van der Waals surface area contributed by atoms with E-state index in [2.05, 4.69) is 5.10 Å². The molecule has 0 aliphatic carbocycles. The molecule has 1 aliphatic heterocycles. The molecule has 6 nitrogen and oxygen atoms in total. The highest BCUT2D eigenvalue weighted by Crippen LogP contribution is 2.17. The van der Waals surface area contributed by atoms with E-state index in [0.29, 0.717) is 6.54 Å². The summed E-state index contributed by atoms with van der Waals surface area (Å²) in [6.45, 7) is 2.71. The van der Waals surface area contributed by atoms with Crippen LogP contribution in [0.5, 0.6) is 0 Å². The number of amides is 1. The quantitative estimate of drug-likeness (QED) is 0.801. The fraction of sp³-hybridized carbons (Fsp3) is 0.545. The van der Waals surface area contributed by atoms with Crippen molar-refractivity contribution in [3.05, 3.63) is 18.0 Å². The number of aromatic nitrogens is 2. The molecule has 2 heterocycles. The van der Waals surface area contributed by atoms with Crippen molar-refractivity contribution in [2.75, 3.05) is 6.54 Å². The summed E-state index contributed by atoms with van der Waals surface area (Å²) in [6, 6.07) is 1.27. The molecule has 0 radical (unpaired) electrons. The van der Waals surface area contributed by atoms with Gasteiger partial charge in [-0.1, -0.05) is 0 Å². The summed E-state index contributed by atoms with van der Waals surface area (Å²) >= 11 is 0. The highest BCUT2D eigenvalue weighted by atomic mass is 16.4. The van der Waals surface area contributed by atoms with E-state index in [9.17, 15) is 9.59 Å². The minimum Gasteiger partial charge on any atom is -0.476 e. The van der Waals surface area contributed by atoms with Crippen molar-refractivity contribution >= 4 is 12.0 Å². The maximum atomic E-state index is 12.1. The largest absolute Gasteiger partial charge is 0.476 e. The number of carbonyl (C=O) groups excluding carboxylic acids is 1. The Kier molecular flexibility index (Phi) is 3.12. The molecule has 0 saturated carbocycles. The number of aromatic carboxylic acids is 1. The molecule has 6 heteroatoms. The molecule has 0 spiro atoms. The third-order valence-corrected chi connectivity index (χ3v) is 3.05. The molecular weight excluding hydrogens is 222 g/mol. The Hall–Kier alpha value is -1.85. The topological polar surface area (TPSA) is 75.4 Å². The second-order valence-corrected chi connectivity index (χ2v) is 4.27. The first-order chi connectivity index (χ1) is 8.09. The summed E-state index contributed by atoms with van der Waals surface area (Å²) in [4.78, 5) is 24.5. The predicted molar refractivity (Wildman–Crippen MR) is 60.0 cm³/mol. The lowest BCUT2D eigenvalue weighted by molar-refractivity contribution is 0.0690. The van der Waals surface area contributed by atoms with Crippen LogP contribution in [0.15, 0.2) is 12.3 Å². The third kappa shape index (κ3) is 2.30. The average Bonchev–Trinajstić information content (AvgIpc) is 2.78. The number of likely N-dealkylation sites (tertiary alicyclic amines) is 1. The zero-order valence-electron chi connectivity index (χ0n) is 9.67. The number of nitrogens with zero attached hydrogens (tertiary/aromatic N) is 3. The van der Waals surface area contributed by atoms with E-state index in [1.165, 1.54) is 12.3 Å². The highest BCUT2D eigenvalue weighted by Gasteiger charge is 2.25. The van der Waals surface area contributed by atoms with Crippen LogP contribution in [-0.4, -0.2) is 44.4 Å². The molecule has 2 rings (SSSR count). The van der Waals surface area contributed by atoms with Gasteiger partial charge in [-0.3, -0.25) is 0 Å². The zero-order valence-corrected chi connectivity index (χ0v) is 9.67. The highest BCUT2D eigenvalue weighted by molar-refractivity contribution is 5.86. The van der Waals surface area contributed by atoms with Crippen LogP contribution in [0.25, 0.3) is 0 Å². The van der Waals surface area contributed by atoms with Gasteiger partial charge in [0.1, 0.15) is 0 Å². The predicted octanol–water partition coefficient (Wildman–Crippen LogP) is 1.42. The van der Waals surface area contributed by atoms with Gasteiger partial charge in [0.25, 0.3) is 0 Å². The van der Waals surface area contributed by atoms with Crippen LogP contribution in [0.2, 0.25) is 0 Å². The number of carboxylic acids is 1. The van der Waals surface area contributed by atoms with E-state index in [1.807, 2.05) is 6.92 Å². The molecule has 0 bridgehead atoms. The average molecular weight is 237 g/mol. The van der Waals surface area contributed by atoms with Gasteiger partial charge in [0.2, 0.25) is 0 Å². The van der Waals surface area contributed by atoms with Crippen molar-refractivity contribution in [2.24, 2.45) is 0 Å². The van der Waals surface area contributed by atoms with E-state index >= 15 is 0 Å². The summed E-state index contributed by atoms with van der Waals surface area (Å²) in [5.41, 5.74) is -0.108. The Balaban J connectivity index is 2.15. The first-order valence-electron chi connectivity index (χ1n) is 5.69. The number of carbonyl (C=O) groups is 2. The van der Waals surface area contributed by atoms with E-state index in [-0.39, 0.29) is 17.8 Å². The van der Waals surface area contributed by atoms with Gasteiger partial charge >= 0.3 is 12.0 Å². The van der Waals surface area contributed by atoms with E-state index < -0.39 is 5.97 Å². The van der Waals surface area contributed by atoms with E-state index in [1.54, 1.807) is 4.90 Å². The van der Waals surface area contributed by atoms with Crippen molar-refractivity contribution in [2.45, 2.75) is 32.2 Å². The number of hydrogen-bond acceptors (Lipinski definition) is 3. The van der Waals surface area contributed by atoms with Gasteiger partial charge in [-0.05, 0) is 32.3 Å². The molecular formula is C11H15N3O3. The fourth-order valence-electron chi connectivity index (χ4n) is 2.06. The van der Waals surface area contributed by atoms with Crippen LogP contribution in [0.3, 0.4) is 0 Å². The number of rotatable bonds is 1. The maximum absolute atomic E-state index is 12.1. The Morgan fingerprint density at radius 3 is 2.82 bits per heavy atom. The Morgan fingerprint density at radius 1 is 1.47 bits per heavy atom. The molecule has 1 aromatic heterocycles. The Bertz CT molecular complexity index is 441. The van der Waals surface area contributed by atoms with Crippen LogP contribution < -0.4 is 0 Å². The second-order valence-electron chi connectivity index (χ2n) is 4.27. The smallest absolute Gasteiger partial charge is 0.356 e. The molecule has 1 fully saturated rings. The van der Waals surface area contributed by atoms with Crippen LogP contribution in [0, 0.1) is 0 Å². The monoisotopic (exact) mass is 237 g/mol. The molecule has 1 unspecified atom stereocenters. The summed E-state index contributed by atoms with van der Waals surface area (Å²) < 4.78 is 1.10. The number of piperidine rings is 1. The summed E-state index contributed by atoms with van der Waals surface area (Å²) in [6.07, 6.45) is 4.50. The van der Waals surface area contributed by atoms with Gasteiger partial charge in [-0.15, -0.1) is 0 Å². The van der Waals surface area contributed by atoms with E-state index in [4.69, 9.17) is 5.11 Å². The Labute approximate surface area is 98.8 Å². The van der Waals surface area contributed by atoms with Crippen molar-refractivity contribution < 1.29 is 14.7 Å². The van der Waals surface area contributed by atoms with Crippen LogP contribution in [0.4, 0.5) is 4.79 Å². The molecule has 92 valence electrons. The lowest BCUT2D eigenvalue weighted by Crippen LogP contribution is -2.44. The number of carboxylic acid groups (broad SMARTS) is 1. The van der Waals surface area contributed by atoms with Gasteiger partial charge in [-0.2, -0.15) is 9.78 Å². The summed E-state index contributed by atoms with van der Waals surface area (Å²) in [5.74, 6) is -1.12. The van der Waals surface area contributed by atoms with Gasteiger partial charge in [0.15, 0.2) is 5.69 Å². The van der Waals surface area contributed by atoms with Crippen molar-refractivity contribution in [3.63, 3.8) is 0 Å². The molecule has 1 aliphatic rings. The molecule has 17 heavy (non-hydrogen) atoms. The van der Waals surface area contributed by atoms with Gasteiger partial charge in [-0.25, -0.2) is 9.59 Å². The third-order valence-electron chi connectivity index (χ3n) is 3.05. The molecule has 1 saturated heterocycles. The minimum absolute atomic E-state index is 0.108. The maximum Gasteiger partial charge on any atom is 0.356 e. The Morgan fingerprint density at radius 2 is 2.24 bits per heavy atom. The van der Waals surface area contributed by atoms with Crippen LogP contribution >= 0.6 is 0 Å². The van der Waals surface area contributed by atoms with Gasteiger partial charge < -0.3 is 10.0 Å². The van der Waals surface area contributed by atoms with Crippen LogP contribution in [0.1, 0.15) is 36.7 Å². The minimum atomic E-state index is -1.12. The zero-order chi connectivity index (χ0) is 12.4.